The van der Waals surface area contributed by atoms with Crippen molar-refractivity contribution < 1.29 is 4.79 Å². The van der Waals surface area contributed by atoms with Gasteiger partial charge in [0.15, 0.2) is 0 Å². The Balaban J connectivity index is 1.77. The van der Waals surface area contributed by atoms with E-state index in [4.69, 9.17) is 0 Å². The van der Waals surface area contributed by atoms with Gasteiger partial charge in [-0.05, 0) is 35.1 Å². The second-order valence-electron chi connectivity index (χ2n) is 6.53. The number of nitrogens with zero attached hydrogens (tertiary/aromatic N) is 1. The molecule has 0 bridgehead atoms. The minimum absolute atomic E-state index is 0.120. The zero-order valence-corrected chi connectivity index (χ0v) is 14.4. The lowest BCUT2D eigenvalue weighted by Gasteiger charge is -2.31. The molecule has 0 spiro atoms. The molecule has 0 atom stereocenters. The van der Waals surface area contributed by atoms with E-state index in [9.17, 15) is 4.79 Å². The van der Waals surface area contributed by atoms with E-state index >= 15 is 0 Å². The van der Waals surface area contributed by atoms with Gasteiger partial charge in [0.2, 0.25) is 5.91 Å². The molecule has 1 heterocycles. The number of amides is 1. The molecule has 2 nitrogen and oxygen atoms in total. The predicted molar refractivity (Wildman–Crippen MR) is 104 cm³/mol. The van der Waals surface area contributed by atoms with Crippen molar-refractivity contribution in [2.45, 2.75) is 19.8 Å². The van der Waals surface area contributed by atoms with Crippen LogP contribution in [0.4, 0.5) is 5.69 Å². The van der Waals surface area contributed by atoms with Gasteiger partial charge in [0, 0.05) is 19.0 Å². The highest BCUT2D eigenvalue weighted by Crippen LogP contribution is 2.38. The van der Waals surface area contributed by atoms with Gasteiger partial charge in [0.25, 0.3) is 0 Å². The molecule has 0 saturated heterocycles. The molecule has 1 aliphatic heterocycles. The van der Waals surface area contributed by atoms with Gasteiger partial charge in [0.05, 0.1) is 5.69 Å². The molecule has 0 fully saturated rings. The highest BCUT2D eigenvalue weighted by molar-refractivity contribution is 5.98. The van der Waals surface area contributed by atoms with Crippen molar-refractivity contribution in [2.75, 3.05) is 11.4 Å². The summed E-state index contributed by atoms with van der Waals surface area (Å²) < 4.78 is 0. The van der Waals surface area contributed by atoms with Crippen LogP contribution >= 0.6 is 0 Å². The summed E-state index contributed by atoms with van der Waals surface area (Å²) in [6.45, 7) is 2.46. The highest BCUT2D eigenvalue weighted by atomic mass is 16.2. The summed E-state index contributed by atoms with van der Waals surface area (Å²) in [5.74, 6) is 0.120. The second kappa shape index (κ2) is 6.56. The number of anilines is 1. The molecule has 4 rings (SSSR count). The topological polar surface area (TPSA) is 20.3 Å². The Hall–Kier alpha value is -2.87. The van der Waals surface area contributed by atoms with E-state index in [1.165, 1.54) is 16.7 Å². The van der Waals surface area contributed by atoms with Crippen molar-refractivity contribution >= 4 is 11.6 Å². The van der Waals surface area contributed by atoms with E-state index in [1.54, 1.807) is 6.92 Å². The molecular formula is C23H21NO. The van der Waals surface area contributed by atoms with Gasteiger partial charge < -0.3 is 4.90 Å². The average molecular weight is 327 g/mol. The maximum atomic E-state index is 12.1. The van der Waals surface area contributed by atoms with Gasteiger partial charge in [-0.15, -0.1) is 0 Å². The lowest BCUT2D eigenvalue weighted by molar-refractivity contribution is -0.116. The van der Waals surface area contributed by atoms with Gasteiger partial charge >= 0.3 is 0 Å². The fourth-order valence-electron chi connectivity index (χ4n) is 3.67. The molecule has 25 heavy (non-hydrogen) atoms. The largest absolute Gasteiger partial charge is 0.312 e. The van der Waals surface area contributed by atoms with E-state index in [0.717, 1.165) is 36.2 Å². The number of aryl methyl sites for hydroxylation is 1. The smallest absolute Gasteiger partial charge is 0.223 e. The highest BCUT2D eigenvalue weighted by Gasteiger charge is 2.23. The second-order valence-corrected chi connectivity index (χ2v) is 6.53. The number of carbonyl (C=O) groups excluding carboxylic acids is 1. The molecule has 0 aromatic heterocycles. The molecule has 0 unspecified atom stereocenters. The molecule has 3 aromatic carbocycles. The Morgan fingerprint density at radius 3 is 2.20 bits per heavy atom. The minimum Gasteiger partial charge on any atom is -0.312 e. The van der Waals surface area contributed by atoms with E-state index < -0.39 is 0 Å². The summed E-state index contributed by atoms with van der Waals surface area (Å²) in [5.41, 5.74) is 7.09. The number of para-hydroxylation sites is 1. The van der Waals surface area contributed by atoms with Crippen LogP contribution in [0.15, 0.2) is 72.8 Å². The Morgan fingerprint density at radius 2 is 1.48 bits per heavy atom. The van der Waals surface area contributed by atoms with Crippen LogP contribution in [0.2, 0.25) is 0 Å². The molecule has 124 valence electrons. The zero-order valence-electron chi connectivity index (χ0n) is 14.4. The van der Waals surface area contributed by atoms with Crippen molar-refractivity contribution in [2.24, 2.45) is 0 Å². The quantitative estimate of drug-likeness (QED) is 0.624. The third-order valence-electron chi connectivity index (χ3n) is 4.90. The minimum atomic E-state index is 0.120. The number of benzene rings is 3. The Bertz CT molecular complexity index is 897. The van der Waals surface area contributed by atoms with Crippen molar-refractivity contribution in [3.63, 3.8) is 0 Å². The van der Waals surface area contributed by atoms with Gasteiger partial charge in [-0.3, -0.25) is 4.79 Å². The Morgan fingerprint density at radius 1 is 0.800 bits per heavy atom. The normalized spacial score (nSPS) is 13.4. The maximum Gasteiger partial charge on any atom is 0.223 e. The summed E-state index contributed by atoms with van der Waals surface area (Å²) in [6.07, 6.45) is 2.07. The third kappa shape index (κ3) is 2.96. The van der Waals surface area contributed by atoms with E-state index in [-0.39, 0.29) is 5.91 Å². The van der Waals surface area contributed by atoms with Gasteiger partial charge in [-0.25, -0.2) is 0 Å². The van der Waals surface area contributed by atoms with Crippen LogP contribution in [-0.4, -0.2) is 12.5 Å². The summed E-state index contributed by atoms with van der Waals surface area (Å²) in [4.78, 5) is 14.0. The number of hydrogen-bond donors (Lipinski definition) is 0. The summed E-state index contributed by atoms with van der Waals surface area (Å²) >= 11 is 0. The molecule has 2 heteroatoms. The third-order valence-corrected chi connectivity index (χ3v) is 4.90. The summed E-state index contributed by atoms with van der Waals surface area (Å²) in [6, 6.07) is 25.4. The fraction of sp³-hybridized carbons (Fsp3) is 0.174. The first kappa shape index (κ1) is 15.6. The van der Waals surface area contributed by atoms with Crippen molar-refractivity contribution in [1.29, 1.82) is 0 Å². The molecule has 0 radical (unpaired) electrons. The first-order valence-corrected chi connectivity index (χ1v) is 8.80. The molecule has 1 aliphatic rings. The molecule has 0 aliphatic carbocycles. The monoisotopic (exact) mass is 327 g/mol. The molecule has 0 saturated carbocycles. The predicted octanol–water partition coefficient (Wildman–Crippen LogP) is 5.32. The van der Waals surface area contributed by atoms with Gasteiger partial charge in [0.1, 0.15) is 0 Å². The fourth-order valence-corrected chi connectivity index (χ4v) is 3.67. The summed E-state index contributed by atoms with van der Waals surface area (Å²) in [7, 11) is 0. The molecular weight excluding hydrogens is 306 g/mol. The van der Waals surface area contributed by atoms with Crippen molar-refractivity contribution in [3.8, 4) is 22.3 Å². The van der Waals surface area contributed by atoms with Crippen LogP contribution in [0.5, 0.6) is 0 Å². The number of fused-ring (bicyclic) bond motifs is 1. The van der Waals surface area contributed by atoms with Crippen LogP contribution in [0.3, 0.4) is 0 Å². The average Bonchev–Trinajstić information content (AvgIpc) is 2.68. The van der Waals surface area contributed by atoms with Crippen molar-refractivity contribution in [3.05, 3.63) is 78.4 Å². The molecule has 3 aromatic rings. The lowest BCUT2D eigenvalue weighted by Crippen LogP contribution is -2.34. The van der Waals surface area contributed by atoms with Crippen LogP contribution < -0.4 is 4.90 Å². The van der Waals surface area contributed by atoms with Crippen LogP contribution in [0, 0.1) is 0 Å². The SMILES string of the molecule is CC(=O)N1CCCc2cccc(-c3ccc(-c4ccccc4)cc3)c21. The van der Waals surface area contributed by atoms with Crippen LogP contribution in [0.1, 0.15) is 18.9 Å². The van der Waals surface area contributed by atoms with Crippen LogP contribution in [-0.2, 0) is 11.2 Å². The maximum absolute atomic E-state index is 12.1. The molecule has 0 N–H and O–H groups in total. The first-order valence-electron chi connectivity index (χ1n) is 8.80. The standard InChI is InChI=1S/C23H21NO/c1-17(25)24-16-6-10-21-9-5-11-22(23(21)24)20-14-12-19(13-15-20)18-7-3-2-4-8-18/h2-5,7-9,11-15H,6,10,16H2,1H3. The van der Waals surface area contributed by atoms with Crippen molar-refractivity contribution in [1.82, 2.24) is 0 Å². The zero-order chi connectivity index (χ0) is 17.2. The Labute approximate surface area is 148 Å². The van der Waals surface area contributed by atoms with E-state index in [0.29, 0.717) is 0 Å². The van der Waals surface area contributed by atoms with Crippen LogP contribution in [0.25, 0.3) is 22.3 Å². The lowest BCUT2D eigenvalue weighted by atomic mass is 9.93. The molecule has 1 amide bonds. The number of carbonyl (C=O) groups is 1. The van der Waals surface area contributed by atoms with E-state index in [1.807, 2.05) is 11.0 Å². The number of rotatable bonds is 2. The summed E-state index contributed by atoms with van der Waals surface area (Å²) in [5, 5.41) is 0. The first-order chi connectivity index (χ1) is 12.2. The van der Waals surface area contributed by atoms with Gasteiger partial charge in [-0.2, -0.15) is 0 Å². The Kier molecular flexibility index (Phi) is 4.10. The number of hydrogen-bond acceptors (Lipinski definition) is 1. The van der Waals surface area contributed by atoms with E-state index in [2.05, 4.69) is 66.7 Å². The van der Waals surface area contributed by atoms with Gasteiger partial charge in [-0.1, -0.05) is 72.8 Å².